The second-order valence-corrected chi connectivity index (χ2v) is 6.83. The van der Waals surface area contributed by atoms with E-state index in [0.717, 1.165) is 5.69 Å². The van der Waals surface area contributed by atoms with Crippen molar-refractivity contribution in [2.45, 2.75) is 24.5 Å². The van der Waals surface area contributed by atoms with Crippen LogP contribution in [0, 0.1) is 3.83 Å². The summed E-state index contributed by atoms with van der Waals surface area (Å²) in [6, 6.07) is 9.54. The van der Waals surface area contributed by atoms with Crippen molar-refractivity contribution in [1.82, 2.24) is 19.5 Å². The van der Waals surface area contributed by atoms with Gasteiger partial charge in [-0.1, -0.05) is 18.2 Å². The Bertz CT molecular complexity index is 922. The summed E-state index contributed by atoms with van der Waals surface area (Å²) < 4.78 is 7.73. The van der Waals surface area contributed by atoms with Crippen molar-refractivity contribution in [1.29, 1.82) is 0 Å². The van der Waals surface area contributed by atoms with Crippen LogP contribution >= 0.6 is 22.6 Å². The Hall–Kier alpha value is -1.86. The number of fused-ring (bicyclic) bond motifs is 1. The molecule has 3 heterocycles. The highest BCUT2D eigenvalue weighted by Gasteiger charge is 2.44. The van der Waals surface area contributed by atoms with E-state index in [1.807, 2.05) is 52.9 Å². The number of para-hydroxylation sites is 1. The monoisotopic (exact) mass is 469 g/mol. The lowest BCUT2D eigenvalue weighted by Gasteiger charge is -2.17. The van der Waals surface area contributed by atoms with Crippen molar-refractivity contribution in [3.63, 3.8) is 0 Å². The van der Waals surface area contributed by atoms with Crippen LogP contribution in [0.5, 0.6) is 0 Å². The van der Waals surface area contributed by atoms with Crippen LogP contribution in [0.4, 0.5) is 11.5 Å². The van der Waals surface area contributed by atoms with E-state index in [1.54, 1.807) is 4.57 Å². The van der Waals surface area contributed by atoms with E-state index in [9.17, 15) is 15.3 Å². The van der Waals surface area contributed by atoms with Gasteiger partial charge in [0.25, 0.3) is 0 Å². The van der Waals surface area contributed by atoms with E-state index in [1.165, 1.54) is 6.33 Å². The fraction of sp³-hybridized carbons (Fsp3) is 0.312. The zero-order chi connectivity index (χ0) is 18.3. The summed E-state index contributed by atoms with van der Waals surface area (Å²) in [6.07, 6.45) is -2.78. The number of imidazole rings is 1. The first-order valence-corrected chi connectivity index (χ1v) is 9.01. The van der Waals surface area contributed by atoms with Crippen molar-refractivity contribution < 1.29 is 20.1 Å². The zero-order valence-electron chi connectivity index (χ0n) is 13.4. The molecule has 10 heteroatoms. The topological polar surface area (TPSA) is 126 Å². The molecule has 0 unspecified atom stereocenters. The molecule has 4 N–H and O–H groups in total. The molecule has 136 valence electrons. The van der Waals surface area contributed by atoms with Gasteiger partial charge in [0.1, 0.15) is 24.6 Å². The lowest BCUT2D eigenvalue weighted by molar-refractivity contribution is -0.0522. The van der Waals surface area contributed by atoms with Crippen LogP contribution in [-0.4, -0.2) is 59.8 Å². The number of hydrogen-bond donors (Lipinski definition) is 4. The molecule has 0 saturated carbocycles. The highest BCUT2D eigenvalue weighted by atomic mass is 127. The Balaban J connectivity index is 1.76. The Morgan fingerprint density at radius 3 is 2.62 bits per heavy atom. The number of hydrogen-bond acceptors (Lipinski definition) is 8. The molecule has 26 heavy (non-hydrogen) atoms. The van der Waals surface area contributed by atoms with E-state index < -0.39 is 31.1 Å². The van der Waals surface area contributed by atoms with Crippen molar-refractivity contribution >= 4 is 45.3 Å². The fourth-order valence-electron chi connectivity index (χ4n) is 2.95. The van der Waals surface area contributed by atoms with Gasteiger partial charge in [-0.05, 0) is 12.1 Å². The first-order chi connectivity index (χ1) is 12.6. The minimum atomic E-state index is -1.21. The van der Waals surface area contributed by atoms with Crippen molar-refractivity contribution in [2.24, 2.45) is 0 Å². The van der Waals surface area contributed by atoms with Crippen LogP contribution < -0.4 is 5.32 Å². The summed E-state index contributed by atoms with van der Waals surface area (Å²) >= 11 is 2.01. The second kappa shape index (κ2) is 7.04. The van der Waals surface area contributed by atoms with Crippen LogP contribution in [0.1, 0.15) is 6.23 Å². The molecule has 2 aromatic heterocycles. The molecule has 1 aliphatic heterocycles. The molecule has 3 aromatic rings. The van der Waals surface area contributed by atoms with Gasteiger partial charge in [0, 0.05) is 28.3 Å². The molecule has 0 bridgehead atoms. The highest BCUT2D eigenvalue weighted by Crippen LogP contribution is 2.34. The lowest BCUT2D eigenvalue weighted by atomic mass is 10.1. The van der Waals surface area contributed by atoms with Crippen LogP contribution in [0.3, 0.4) is 0 Å². The Kier molecular flexibility index (Phi) is 4.75. The van der Waals surface area contributed by atoms with E-state index in [0.29, 0.717) is 20.8 Å². The van der Waals surface area contributed by atoms with Gasteiger partial charge in [-0.15, -0.1) is 0 Å². The molecule has 4 rings (SSSR count). The maximum atomic E-state index is 10.3. The van der Waals surface area contributed by atoms with E-state index in [-0.39, 0.29) is 0 Å². The molecule has 0 spiro atoms. The second-order valence-electron chi connectivity index (χ2n) is 5.87. The minimum absolute atomic E-state index is 0.395. The molecule has 4 atom stereocenters. The predicted octanol–water partition coefficient (Wildman–Crippen LogP) is 0.786. The fourth-order valence-corrected chi connectivity index (χ4v) is 3.69. The Morgan fingerprint density at radius 1 is 1.15 bits per heavy atom. The smallest absolute Gasteiger partial charge is 0.175 e. The Morgan fingerprint density at radius 2 is 1.92 bits per heavy atom. The van der Waals surface area contributed by atoms with Gasteiger partial charge in [-0.2, -0.15) is 0 Å². The van der Waals surface area contributed by atoms with E-state index in [4.69, 9.17) is 4.74 Å². The first kappa shape index (κ1) is 17.5. The summed E-state index contributed by atoms with van der Waals surface area (Å²) in [5.41, 5.74) is 1.82. The molecule has 0 aliphatic carbocycles. The number of aromatic nitrogens is 4. The predicted molar refractivity (Wildman–Crippen MR) is 101 cm³/mol. The number of anilines is 2. The van der Waals surface area contributed by atoms with Crippen molar-refractivity contribution in [2.75, 3.05) is 11.9 Å². The number of aliphatic hydroxyl groups is 3. The molecular weight excluding hydrogens is 453 g/mol. The van der Waals surface area contributed by atoms with E-state index in [2.05, 4.69) is 20.3 Å². The SMILES string of the molecule is OC[C@H]1O[C@@H](n2c(I)nc3c(Nc4ccccc4)ncnc32)[C@H](O)[C@@H]1O. The van der Waals surface area contributed by atoms with Gasteiger partial charge in [0.2, 0.25) is 0 Å². The average molecular weight is 469 g/mol. The minimum Gasteiger partial charge on any atom is -0.394 e. The third-order valence-corrected chi connectivity index (χ3v) is 5.00. The largest absolute Gasteiger partial charge is 0.394 e. The molecule has 0 radical (unpaired) electrons. The van der Waals surface area contributed by atoms with Gasteiger partial charge >= 0.3 is 0 Å². The molecular formula is C16H16IN5O4. The maximum absolute atomic E-state index is 10.3. The third-order valence-electron chi connectivity index (χ3n) is 4.24. The maximum Gasteiger partial charge on any atom is 0.175 e. The standard InChI is InChI=1S/C16H16IN5O4/c17-16-21-10-13(20-8-4-2-1-3-5-8)18-7-19-14(10)22(16)15-12(25)11(24)9(6-23)26-15/h1-5,7,9,11-12,15,23-25H,6H2,(H,18,19,20)/t9-,11-,12-,15-/m1/s1. The van der Waals surface area contributed by atoms with Crippen molar-refractivity contribution in [3.8, 4) is 0 Å². The van der Waals surface area contributed by atoms with Gasteiger partial charge in [-0.25, -0.2) is 15.0 Å². The number of ether oxygens (including phenoxy) is 1. The Labute approximate surface area is 161 Å². The molecule has 9 nitrogen and oxygen atoms in total. The third kappa shape index (κ3) is 2.93. The van der Waals surface area contributed by atoms with Crippen LogP contribution in [-0.2, 0) is 4.74 Å². The van der Waals surface area contributed by atoms with Gasteiger partial charge in [-0.3, -0.25) is 4.57 Å². The summed E-state index contributed by atoms with van der Waals surface area (Å²) in [6.45, 7) is -0.395. The van der Waals surface area contributed by atoms with Crippen LogP contribution in [0.25, 0.3) is 11.2 Å². The first-order valence-electron chi connectivity index (χ1n) is 7.93. The van der Waals surface area contributed by atoms with Gasteiger partial charge in [0.15, 0.2) is 27.0 Å². The molecule has 0 amide bonds. The molecule has 1 aromatic carbocycles. The summed E-state index contributed by atoms with van der Waals surface area (Å²) in [5, 5.41) is 32.8. The number of benzene rings is 1. The lowest BCUT2D eigenvalue weighted by Crippen LogP contribution is -2.33. The summed E-state index contributed by atoms with van der Waals surface area (Å²) in [4.78, 5) is 13.0. The highest BCUT2D eigenvalue weighted by molar-refractivity contribution is 14.1. The van der Waals surface area contributed by atoms with Gasteiger partial charge < -0.3 is 25.4 Å². The van der Waals surface area contributed by atoms with Gasteiger partial charge in [0.05, 0.1) is 6.61 Å². The summed E-state index contributed by atoms with van der Waals surface area (Å²) in [7, 11) is 0. The molecule has 1 aliphatic rings. The number of nitrogens with zero attached hydrogens (tertiary/aromatic N) is 4. The molecule has 1 saturated heterocycles. The zero-order valence-corrected chi connectivity index (χ0v) is 15.6. The number of rotatable bonds is 4. The van der Waals surface area contributed by atoms with Crippen molar-refractivity contribution in [3.05, 3.63) is 40.5 Å². The average Bonchev–Trinajstić information content (AvgIpc) is 3.13. The van der Waals surface area contributed by atoms with Crippen LogP contribution in [0.15, 0.2) is 36.7 Å². The van der Waals surface area contributed by atoms with Crippen LogP contribution in [0.2, 0.25) is 0 Å². The normalized spacial score (nSPS) is 25.7. The number of halogens is 1. The number of aliphatic hydroxyl groups excluding tert-OH is 3. The quantitative estimate of drug-likeness (QED) is 0.327. The number of nitrogens with one attached hydrogen (secondary N) is 1. The molecule has 1 fully saturated rings. The summed E-state index contributed by atoms with van der Waals surface area (Å²) in [5.74, 6) is 0.518. The van der Waals surface area contributed by atoms with E-state index >= 15 is 0 Å².